The van der Waals surface area contributed by atoms with Gasteiger partial charge < -0.3 is 4.90 Å². The van der Waals surface area contributed by atoms with Crippen LogP contribution in [-0.2, 0) is 10.0 Å². The number of rotatable bonds is 4. The van der Waals surface area contributed by atoms with Gasteiger partial charge in [0.2, 0.25) is 10.0 Å². The molecule has 1 fully saturated rings. The Morgan fingerprint density at radius 1 is 1.27 bits per heavy atom. The van der Waals surface area contributed by atoms with Crippen LogP contribution in [0, 0.1) is 11.3 Å². The number of nitriles is 1. The van der Waals surface area contributed by atoms with Crippen LogP contribution in [0.5, 0.6) is 0 Å². The van der Waals surface area contributed by atoms with Gasteiger partial charge in [-0.25, -0.2) is 8.42 Å². The van der Waals surface area contributed by atoms with Gasteiger partial charge in [-0.3, -0.25) is 0 Å². The Kier molecular flexibility index (Phi) is 4.51. The highest BCUT2D eigenvalue weighted by atomic mass is 32.2. The Bertz CT molecular complexity index is 326. The van der Waals surface area contributed by atoms with Crippen molar-refractivity contribution in [2.45, 2.75) is 13.3 Å². The lowest BCUT2D eigenvalue weighted by atomic mass is 10.3. The number of sulfonamides is 1. The van der Waals surface area contributed by atoms with E-state index in [4.69, 9.17) is 5.26 Å². The van der Waals surface area contributed by atoms with E-state index in [0.29, 0.717) is 13.1 Å². The van der Waals surface area contributed by atoms with Crippen LogP contribution in [-0.4, -0.2) is 56.1 Å². The molecule has 0 aromatic carbocycles. The van der Waals surface area contributed by atoms with Crippen molar-refractivity contribution in [3.05, 3.63) is 0 Å². The van der Waals surface area contributed by atoms with Gasteiger partial charge in [0.25, 0.3) is 0 Å². The maximum Gasteiger partial charge on any atom is 0.227 e. The van der Waals surface area contributed by atoms with Gasteiger partial charge in [0.15, 0.2) is 5.75 Å². The van der Waals surface area contributed by atoms with Gasteiger partial charge in [-0.05, 0) is 13.0 Å². The largest absolute Gasteiger partial charge is 0.301 e. The highest BCUT2D eigenvalue weighted by Crippen LogP contribution is 2.07. The summed E-state index contributed by atoms with van der Waals surface area (Å²) in [5.74, 6) is -0.402. The van der Waals surface area contributed by atoms with E-state index < -0.39 is 15.8 Å². The lowest BCUT2D eigenvalue weighted by molar-refractivity contribution is 0.189. The van der Waals surface area contributed by atoms with Gasteiger partial charge in [-0.2, -0.15) is 9.57 Å². The van der Waals surface area contributed by atoms with Crippen LogP contribution in [0.3, 0.4) is 0 Å². The zero-order chi connectivity index (χ0) is 11.3. The molecule has 0 bridgehead atoms. The molecule has 0 unspecified atom stereocenters. The first-order chi connectivity index (χ1) is 7.10. The summed E-state index contributed by atoms with van der Waals surface area (Å²) in [7, 11) is -3.33. The third-order valence-corrected chi connectivity index (χ3v) is 4.16. The first-order valence-electron chi connectivity index (χ1n) is 5.17. The van der Waals surface area contributed by atoms with E-state index in [1.807, 2.05) is 0 Å². The van der Waals surface area contributed by atoms with Crippen LogP contribution in [0.4, 0.5) is 0 Å². The molecular weight excluding hydrogens is 214 g/mol. The molecular formula is C9H17N3O2S. The summed E-state index contributed by atoms with van der Waals surface area (Å²) in [6.07, 6.45) is 1.09. The second kappa shape index (κ2) is 5.45. The molecule has 6 heteroatoms. The molecule has 0 radical (unpaired) electrons. The summed E-state index contributed by atoms with van der Waals surface area (Å²) < 4.78 is 24.5. The van der Waals surface area contributed by atoms with E-state index >= 15 is 0 Å². The fourth-order valence-corrected chi connectivity index (χ4v) is 2.79. The average Bonchev–Trinajstić information content (AvgIpc) is 2.19. The van der Waals surface area contributed by atoms with E-state index in [-0.39, 0.29) is 0 Å². The van der Waals surface area contributed by atoms with Crippen molar-refractivity contribution in [2.75, 3.05) is 38.5 Å². The van der Waals surface area contributed by atoms with Crippen LogP contribution in [0.15, 0.2) is 0 Å². The molecule has 1 saturated heterocycles. The fourth-order valence-electron chi connectivity index (χ4n) is 1.72. The molecule has 1 aliphatic heterocycles. The third-order valence-electron chi connectivity index (χ3n) is 2.51. The zero-order valence-electron chi connectivity index (χ0n) is 9.02. The molecule has 15 heavy (non-hydrogen) atoms. The minimum absolute atomic E-state index is 0.402. The van der Waals surface area contributed by atoms with Crippen molar-refractivity contribution >= 4 is 10.0 Å². The summed E-state index contributed by atoms with van der Waals surface area (Å²) in [6.45, 7) is 5.72. The molecule has 0 aromatic heterocycles. The molecule has 0 spiro atoms. The van der Waals surface area contributed by atoms with Gasteiger partial charge in [0, 0.05) is 26.2 Å². The van der Waals surface area contributed by atoms with Crippen molar-refractivity contribution in [1.82, 2.24) is 9.21 Å². The first-order valence-corrected chi connectivity index (χ1v) is 6.78. The van der Waals surface area contributed by atoms with Gasteiger partial charge in [-0.1, -0.05) is 6.92 Å². The number of hydrogen-bond acceptors (Lipinski definition) is 4. The minimum atomic E-state index is -3.33. The molecule has 0 aliphatic carbocycles. The Hall–Kier alpha value is -0.640. The van der Waals surface area contributed by atoms with Crippen LogP contribution in [0.25, 0.3) is 0 Å². The zero-order valence-corrected chi connectivity index (χ0v) is 9.83. The lowest BCUT2D eigenvalue weighted by Gasteiger charge is -2.33. The van der Waals surface area contributed by atoms with Crippen molar-refractivity contribution in [1.29, 1.82) is 5.26 Å². The molecule has 0 amide bonds. The van der Waals surface area contributed by atoms with Crippen molar-refractivity contribution < 1.29 is 8.42 Å². The first kappa shape index (κ1) is 12.4. The summed E-state index contributed by atoms with van der Waals surface area (Å²) in [6, 6.07) is 1.70. The molecule has 0 atom stereocenters. The van der Waals surface area contributed by atoms with Gasteiger partial charge in [0.1, 0.15) is 0 Å². The van der Waals surface area contributed by atoms with Crippen LogP contribution >= 0.6 is 0 Å². The molecule has 5 nitrogen and oxygen atoms in total. The quantitative estimate of drug-likeness (QED) is 0.676. The van der Waals surface area contributed by atoms with Crippen molar-refractivity contribution in [2.24, 2.45) is 0 Å². The van der Waals surface area contributed by atoms with Gasteiger partial charge in [0.05, 0.1) is 6.07 Å². The fraction of sp³-hybridized carbons (Fsp3) is 0.889. The maximum absolute atomic E-state index is 11.5. The van der Waals surface area contributed by atoms with E-state index in [9.17, 15) is 8.42 Å². The lowest BCUT2D eigenvalue weighted by Crippen LogP contribution is -2.49. The van der Waals surface area contributed by atoms with Crippen molar-refractivity contribution in [3.63, 3.8) is 0 Å². The Morgan fingerprint density at radius 2 is 1.87 bits per heavy atom. The number of nitrogens with zero attached hydrogens (tertiary/aromatic N) is 3. The Labute approximate surface area is 91.3 Å². The van der Waals surface area contributed by atoms with Crippen LogP contribution in [0.1, 0.15) is 13.3 Å². The van der Waals surface area contributed by atoms with E-state index in [0.717, 1.165) is 26.1 Å². The SMILES string of the molecule is CCCN1CCN(S(=O)(=O)CC#N)CC1. The standard InChI is InChI=1S/C9H17N3O2S/c1-2-4-11-5-7-12(8-6-11)15(13,14)9-3-10/h2,4-9H2,1H3. The molecule has 86 valence electrons. The second-order valence-electron chi connectivity index (χ2n) is 3.66. The Morgan fingerprint density at radius 3 is 2.33 bits per heavy atom. The predicted molar refractivity (Wildman–Crippen MR) is 57.7 cm³/mol. The van der Waals surface area contributed by atoms with Crippen LogP contribution < -0.4 is 0 Å². The van der Waals surface area contributed by atoms with Crippen molar-refractivity contribution in [3.8, 4) is 6.07 Å². The van der Waals surface area contributed by atoms with E-state index in [1.54, 1.807) is 6.07 Å². The Balaban J connectivity index is 2.47. The second-order valence-corrected chi connectivity index (χ2v) is 5.62. The highest BCUT2D eigenvalue weighted by Gasteiger charge is 2.25. The predicted octanol–water partition coefficient (Wildman–Crippen LogP) is -0.133. The summed E-state index contributed by atoms with van der Waals surface area (Å²) in [5.41, 5.74) is 0. The maximum atomic E-state index is 11.5. The van der Waals surface area contributed by atoms with Gasteiger partial charge in [-0.15, -0.1) is 0 Å². The monoisotopic (exact) mass is 231 g/mol. The average molecular weight is 231 g/mol. The highest BCUT2D eigenvalue weighted by molar-refractivity contribution is 7.89. The summed E-state index contributed by atoms with van der Waals surface area (Å²) in [4.78, 5) is 2.25. The molecule has 0 aromatic rings. The molecule has 0 N–H and O–H groups in total. The number of piperazine rings is 1. The molecule has 1 rings (SSSR count). The van der Waals surface area contributed by atoms with E-state index in [1.165, 1.54) is 4.31 Å². The molecule has 1 heterocycles. The number of hydrogen-bond donors (Lipinski definition) is 0. The smallest absolute Gasteiger partial charge is 0.227 e. The minimum Gasteiger partial charge on any atom is -0.301 e. The van der Waals surface area contributed by atoms with Crippen LogP contribution in [0.2, 0.25) is 0 Å². The topological polar surface area (TPSA) is 64.4 Å². The third kappa shape index (κ3) is 3.45. The van der Waals surface area contributed by atoms with E-state index in [2.05, 4.69) is 11.8 Å². The molecule has 1 aliphatic rings. The normalized spacial score (nSPS) is 20.0. The van der Waals surface area contributed by atoms with Gasteiger partial charge >= 0.3 is 0 Å². The summed E-state index contributed by atoms with van der Waals surface area (Å²) >= 11 is 0. The molecule has 0 saturated carbocycles. The summed E-state index contributed by atoms with van der Waals surface area (Å²) in [5, 5.41) is 8.40.